The number of carbonyl (C=O) groups excluding carboxylic acids is 1. The van der Waals surface area contributed by atoms with Gasteiger partial charge < -0.3 is 14.7 Å². The second kappa shape index (κ2) is 7.35. The summed E-state index contributed by atoms with van der Waals surface area (Å²) in [4.78, 5) is 37.8. The van der Waals surface area contributed by atoms with E-state index in [0.29, 0.717) is 23.5 Å². The molecular weight excluding hydrogens is 324 g/mol. The molecule has 2 aromatic rings. The maximum Gasteiger partial charge on any atom is 0.337 e. The van der Waals surface area contributed by atoms with Gasteiger partial charge in [-0.25, -0.2) is 9.78 Å². The number of carboxylic acid groups (broad SMARTS) is 1. The minimum absolute atomic E-state index is 0.0359. The number of hydrogen-bond acceptors (Lipinski definition) is 6. The summed E-state index contributed by atoms with van der Waals surface area (Å²) in [6.07, 6.45) is 7.72. The number of aromatic nitrogens is 3. The van der Waals surface area contributed by atoms with Crippen molar-refractivity contribution < 1.29 is 19.4 Å². The van der Waals surface area contributed by atoms with E-state index in [1.165, 1.54) is 19.4 Å². The van der Waals surface area contributed by atoms with Gasteiger partial charge in [-0.2, -0.15) is 0 Å². The molecule has 1 amide bonds. The van der Waals surface area contributed by atoms with Crippen molar-refractivity contribution in [3.63, 3.8) is 0 Å². The van der Waals surface area contributed by atoms with E-state index in [1.54, 1.807) is 23.5 Å². The van der Waals surface area contributed by atoms with Gasteiger partial charge in [0, 0.05) is 31.6 Å². The first-order valence-corrected chi connectivity index (χ1v) is 7.89. The lowest BCUT2D eigenvalue weighted by Gasteiger charge is -2.24. The van der Waals surface area contributed by atoms with Crippen molar-refractivity contribution in [3.8, 4) is 11.3 Å². The van der Waals surface area contributed by atoms with Crippen LogP contribution in [0.5, 0.6) is 0 Å². The van der Waals surface area contributed by atoms with E-state index in [2.05, 4.69) is 15.0 Å². The Morgan fingerprint density at radius 2 is 2.08 bits per heavy atom. The molecule has 0 aromatic carbocycles. The molecule has 130 valence electrons. The highest BCUT2D eigenvalue weighted by Crippen LogP contribution is 2.31. The number of carbonyl (C=O) groups is 2. The van der Waals surface area contributed by atoms with Crippen LogP contribution in [0.4, 0.5) is 0 Å². The summed E-state index contributed by atoms with van der Waals surface area (Å²) in [6.45, 7) is 0.697. The highest BCUT2D eigenvalue weighted by atomic mass is 16.5. The maximum absolute atomic E-state index is 12.2. The number of pyridine rings is 1. The molecule has 0 radical (unpaired) electrons. The van der Waals surface area contributed by atoms with Crippen LogP contribution in [0.1, 0.15) is 34.9 Å². The maximum atomic E-state index is 12.2. The van der Waals surface area contributed by atoms with Gasteiger partial charge in [0.25, 0.3) is 0 Å². The Bertz CT molecular complexity index is 796. The quantitative estimate of drug-likeness (QED) is 0.878. The summed E-state index contributed by atoms with van der Waals surface area (Å²) < 4.78 is 4.94. The Hall–Kier alpha value is -2.87. The number of hydrogen-bond donors (Lipinski definition) is 1. The second-order valence-electron chi connectivity index (χ2n) is 5.77. The number of amides is 1. The average molecular weight is 342 g/mol. The van der Waals surface area contributed by atoms with E-state index in [1.807, 2.05) is 0 Å². The number of methoxy groups -OCH3 is 1. The summed E-state index contributed by atoms with van der Waals surface area (Å²) in [5.74, 6) is -1.13. The normalized spacial score (nSPS) is 16.8. The molecule has 0 saturated carbocycles. The fourth-order valence-corrected chi connectivity index (χ4v) is 2.96. The second-order valence-corrected chi connectivity index (χ2v) is 5.77. The van der Waals surface area contributed by atoms with E-state index in [4.69, 9.17) is 9.84 Å². The van der Waals surface area contributed by atoms with Crippen molar-refractivity contribution in [3.05, 3.63) is 42.1 Å². The van der Waals surface area contributed by atoms with Crippen molar-refractivity contribution >= 4 is 11.9 Å². The SMILES string of the molecule is COCC(=O)N1CCCC1c1cncc(-c2cncc(C(=O)O)c2)n1. The van der Waals surface area contributed by atoms with Crippen molar-refractivity contribution in [2.75, 3.05) is 20.3 Å². The molecule has 1 unspecified atom stereocenters. The fraction of sp³-hybridized carbons (Fsp3) is 0.353. The van der Waals surface area contributed by atoms with Crippen LogP contribution in [0.15, 0.2) is 30.9 Å². The first-order chi connectivity index (χ1) is 12.1. The molecule has 1 N–H and O–H groups in total. The van der Waals surface area contributed by atoms with Crippen LogP contribution in [0.3, 0.4) is 0 Å². The molecule has 1 aliphatic heterocycles. The molecule has 0 aliphatic carbocycles. The van der Waals surface area contributed by atoms with Crippen LogP contribution in [0.2, 0.25) is 0 Å². The standard InChI is InChI=1S/C17H18N4O4/c1-25-10-16(22)21-4-2-3-15(21)14-9-19-8-13(20-14)11-5-12(17(23)24)7-18-6-11/h5-9,15H,2-4,10H2,1H3,(H,23,24). The van der Waals surface area contributed by atoms with E-state index >= 15 is 0 Å². The van der Waals surface area contributed by atoms with E-state index < -0.39 is 5.97 Å². The van der Waals surface area contributed by atoms with Crippen LogP contribution < -0.4 is 0 Å². The number of aromatic carboxylic acids is 1. The first kappa shape index (κ1) is 17.0. The molecule has 8 heteroatoms. The molecule has 1 fully saturated rings. The monoisotopic (exact) mass is 342 g/mol. The van der Waals surface area contributed by atoms with Gasteiger partial charge in [-0.05, 0) is 18.9 Å². The van der Waals surface area contributed by atoms with E-state index in [-0.39, 0.29) is 24.1 Å². The molecule has 0 spiro atoms. The topological polar surface area (TPSA) is 106 Å². The highest BCUT2D eigenvalue weighted by molar-refractivity contribution is 5.88. The van der Waals surface area contributed by atoms with Crippen LogP contribution in [-0.4, -0.2) is 57.1 Å². The first-order valence-electron chi connectivity index (χ1n) is 7.89. The number of carboxylic acids is 1. The number of likely N-dealkylation sites (tertiary alicyclic amines) is 1. The van der Waals surface area contributed by atoms with E-state index in [9.17, 15) is 9.59 Å². The van der Waals surface area contributed by atoms with E-state index in [0.717, 1.165) is 12.8 Å². The highest BCUT2D eigenvalue weighted by Gasteiger charge is 2.31. The average Bonchev–Trinajstić information content (AvgIpc) is 3.12. The zero-order chi connectivity index (χ0) is 17.8. The van der Waals surface area contributed by atoms with Crippen molar-refractivity contribution in [2.45, 2.75) is 18.9 Å². The molecule has 8 nitrogen and oxygen atoms in total. The summed E-state index contributed by atoms with van der Waals surface area (Å²) in [7, 11) is 1.49. The summed E-state index contributed by atoms with van der Waals surface area (Å²) >= 11 is 0. The lowest BCUT2D eigenvalue weighted by molar-refractivity contribution is -0.136. The van der Waals surface area contributed by atoms with Crippen molar-refractivity contribution in [2.24, 2.45) is 0 Å². The molecule has 1 atom stereocenters. The van der Waals surface area contributed by atoms with Crippen molar-refractivity contribution in [1.82, 2.24) is 19.9 Å². The summed E-state index contributed by atoms with van der Waals surface area (Å²) in [6, 6.07) is 1.36. The third-order valence-corrected chi connectivity index (χ3v) is 4.12. The van der Waals surface area contributed by atoms with Gasteiger partial charge in [-0.1, -0.05) is 0 Å². The molecule has 0 bridgehead atoms. The van der Waals surface area contributed by atoms with Gasteiger partial charge in [0.15, 0.2) is 0 Å². The smallest absolute Gasteiger partial charge is 0.337 e. The van der Waals surface area contributed by atoms with Gasteiger partial charge in [0.05, 0.1) is 35.4 Å². The fourth-order valence-electron chi connectivity index (χ4n) is 2.96. The lowest BCUT2D eigenvalue weighted by atomic mass is 10.1. The van der Waals surface area contributed by atoms with Gasteiger partial charge in [0.2, 0.25) is 5.91 Å². The van der Waals surface area contributed by atoms with Gasteiger partial charge in [-0.15, -0.1) is 0 Å². The number of rotatable bonds is 5. The molecule has 1 saturated heterocycles. The predicted molar refractivity (Wildman–Crippen MR) is 87.8 cm³/mol. The molecular formula is C17H18N4O4. The van der Waals surface area contributed by atoms with Crippen LogP contribution in [-0.2, 0) is 9.53 Å². The van der Waals surface area contributed by atoms with Crippen LogP contribution >= 0.6 is 0 Å². The van der Waals surface area contributed by atoms with Gasteiger partial charge >= 0.3 is 5.97 Å². The molecule has 3 rings (SSSR count). The van der Waals surface area contributed by atoms with Crippen molar-refractivity contribution in [1.29, 1.82) is 0 Å². The number of nitrogens with zero attached hydrogens (tertiary/aromatic N) is 4. The summed E-state index contributed by atoms with van der Waals surface area (Å²) in [5, 5.41) is 9.10. The van der Waals surface area contributed by atoms with Crippen LogP contribution in [0, 0.1) is 0 Å². The largest absolute Gasteiger partial charge is 0.478 e. The molecule has 1 aliphatic rings. The third-order valence-electron chi connectivity index (χ3n) is 4.12. The Labute approximate surface area is 144 Å². The minimum Gasteiger partial charge on any atom is -0.478 e. The molecule has 25 heavy (non-hydrogen) atoms. The summed E-state index contributed by atoms with van der Waals surface area (Å²) in [5.41, 5.74) is 1.86. The zero-order valence-corrected chi connectivity index (χ0v) is 13.8. The number of ether oxygens (including phenoxy) is 1. The zero-order valence-electron chi connectivity index (χ0n) is 13.8. The Morgan fingerprint density at radius 3 is 2.84 bits per heavy atom. The Morgan fingerprint density at radius 1 is 1.28 bits per heavy atom. The Kier molecular flexibility index (Phi) is 4.99. The van der Waals surface area contributed by atoms with Crippen LogP contribution in [0.25, 0.3) is 11.3 Å². The predicted octanol–water partition coefficient (Wildman–Crippen LogP) is 1.55. The molecule has 2 aromatic heterocycles. The lowest BCUT2D eigenvalue weighted by Crippen LogP contribution is -2.33. The van der Waals surface area contributed by atoms with Gasteiger partial charge in [-0.3, -0.25) is 14.8 Å². The minimum atomic E-state index is -1.05. The third kappa shape index (κ3) is 3.63. The Balaban J connectivity index is 1.90. The van der Waals surface area contributed by atoms with Gasteiger partial charge in [0.1, 0.15) is 6.61 Å². The molecule has 3 heterocycles.